The number of likely N-dealkylation sites (tertiary alicyclic amines) is 1. The maximum absolute atomic E-state index is 13.3. The lowest BCUT2D eigenvalue weighted by Crippen LogP contribution is -2.43. The zero-order valence-corrected chi connectivity index (χ0v) is 17.0. The molecule has 154 valence electrons. The van der Waals surface area contributed by atoms with Crippen LogP contribution < -0.4 is 4.74 Å². The summed E-state index contributed by atoms with van der Waals surface area (Å²) < 4.78 is 19.0. The normalized spacial score (nSPS) is 18.9. The van der Waals surface area contributed by atoms with Crippen LogP contribution in [0.1, 0.15) is 42.8 Å². The van der Waals surface area contributed by atoms with Gasteiger partial charge in [0, 0.05) is 43.3 Å². The zero-order valence-electron chi connectivity index (χ0n) is 17.0. The maximum Gasteiger partial charge on any atom is 0.263 e. The predicted octanol–water partition coefficient (Wildman–Crippen LogP) is 2.78. The Morgan fingerprint density at radius 2 is 2.07 bits per heavy atom. The number of piperidine rings is 1. The van der Waals surface area contributed by atoms with Crippen molar-refractivity contribution < 1.29 is 13.9 Å². The minimum absolute atomic E-state index is 0.112. The molecule has 0 N–H and O–H groups in total. The van der Waals surface area contributed by atoms with Crippen molar-refractivity contribution in [1.82, 2.24) is 19.8 Å². The van der Waals surface area contributed by atoms with Crippen LogP contribution in [0.5, 0.6) is 5.75 Å². The summed E-state index contributed by atoms with van der Waals surface area (Å²) in [6, 6.07) is 5.85. The summed E-state index contributed by atoms with van der Waals surface area (Å²) in [5.41, 5.74) is 2.05. The number of ether oxygens (including phenoxy) is 1. The van der Waals surface area contributed by atoms with Gasteiger partial charge in [-0.25, -0.2) is 14.4 Å². The van der Waals surface area contributed by atoms with Gasteiger partial charge in [0.2, 0.25) is 0 Å². The third-order valence-electron chi connectivity index (χ3n) is 5.80. The lowest BCUT2D eigenvalue weighted by Gasteiger charge is -2.31. The summed E-state index contributed by atoms with van der Waals surface area (Å²) in [6.45, 7) is 4.95. The summed E-state index contributed by atoms with van der Waals surface area (Å²) in [5.74, 6) is 1.23. The van der Waals surface area contributed by atoms with Crippen molar-refractivity contribution in [1.29, 1.82) is 0 Å². The summed E-state index contributed by atoms with van der Waals surface area (Å²) in [6.07, 6.45) is 4.10. The first kappa shape index (κ1) is 19.8. The molecule has 1 aromatic carbocycles. The molecule has 0 aliphatic carbocycles. The summed E-state index contributed by atoms with van der Waals surface area (Å²) in [7, 11) is 2.15. The van der Waals surface area contributed by atoms with Crippen LogP contribution in [-0.4, -0.2) is 58.5 Å². The molecule has 29 heavy (non-hydrogen) atoms. The van der Waals surface area contributed by atoms with Crippen LogP contribution in [0, 0.1) is 5.82 Å². The number of fused-ring (bicyclic) bond motifs is 1. The van der Waals surface area contributed by atoms with E-state index in [9.17, 15) is 9.18 Å². The Bertz CT molecular complexity index is 883. The van der Waals surface area contributed by atoms with Gasteiger partial charge in [-0.2, -0.15) is 0 Å². The summed E-state index contributed by atoms with van der Waals surface area (Å²) >= 11 is 0. The van der Waals surface area contributed by atoms with E-state index in [1.54, 1.807) is 24.0 Å². The predicted molar refractivity (Wildman–Crippen MR) is 107 cm³/mol. The first-order chi connectivity index (χ1) is 14.0. The zero-order chi connectivity index (χ0) is 20.4. The van der Waals surface area contributed by atoms with Crippen LogP contribution >= 0.6 is 0 Å². The number of halogens is 1. The summed E-state index contributed by atoms with van der Waals surface area (Å²) in [5, 5.41) is 0. The number of benzene rings is 1. The maximum atomic E-state index is 13.3. The smallest absolute Gasteiger partial charge is 0.263 e. The number of carbonyl (C=O) groups excluding carboxylic acids is 1. The van der Waals surface area contributed by atoms with Gasteiger partial charge in [-0.1, -0.05) is 6.07 Å². The largest absolute Gasteiger partial charge is 0.481 e. The highest BCUT2D eigenvalue weighted by Crippen LogP contribution is 2.27. The molecule has 1 aromatic heterocycles. The highest BCUT2D eigenvalue weighted by Gasteiger charge is 2.28. The Morgan fingerprint density at radius 3 is 2.83 bits per heavy atom. The minimum Gasteiger partial charge on any atom is -0.481 e. The first-order valence-corrected chi connectivity index (χ1v) is 10.2. The molecular weight excluding hydrogens is 371 g/mol. The molecule has 3 heterocycles. The Hall–Kier alpha value is -2.54. The summed E-state index contributed by atoms with van der Waals surface area (Å²) in [4.78, 5) is 26.4. The van der Waals surface area contributed by atoms with Crippen molar-refractivity contribution in [3.05, 3.63) is 53.4 Å². The second-order valence-electron chi connectivity index (χ2n) is 8.00. The van der Waals surface area contributed by atoms with Crippen molar-refractivity contribution in [2.24, 2.45) is 0 Å². The average molecular weight is 398 g/mol. The van der Waals surface area contributed by atoms with Gasteiger partial charge in [-0.15, -0.1) is 0 Å². The number of carbonyl (C=O) groups is 1. The molecule has 2 aliphatic heterocycles. The highest BCUT2D eigenvalue weighted by atomic mass is 19.1. The average Bonchev–Trinajstić information content (AvgIpc) is 2.73. The lowest BCUT2D eigenvalue weighted by atomic mass is 9.95. The van der Waals surface area contributed by atoms with Gasteiger partial charge in [0.25, 0.3) is 5.91 Å². The fourth-order valence-electron chi connectivity index (χ4n) is 4.04. The Morgan fingerprint density at radius 1 is 1.28 bits per heavy atom. The fraction of sp³-hybridized carbons (Fsp3) is 0.500. The first-order valence-electron chi connectivity index (χ1n) is 10.2. The SMILES string of the molecule is CC(Oc1cccc(F)c1)C(=O)N1CCc2nc(C3CCN(C)CC3)ncc2C1. The third kappa shape index (κ3) is 4.56. The standard InChI is InChI=1S/C22H27FN4O2/c1-15(29-19-5-3-4-18(23)12-19)22(28)27-11-8-20-17(14-27)13-24-21(25-20)16-6-9-26(2)10-7-16/h3-5,12-13,15-16H,6-11,14H2,1-2H3. The quantitative estimate of drug-likeness (QED) is 0.793. The van der Waals surface area contributed by atoms with Crippen molar-refractivity contribution in [2.75, 3.05) is 26.7 Å². The van der Waals surface area contributed by atoms with Crippen LogP contribution in [0.25, 0.3) is 0 Å². The Kier molecular flexibility index (Phi) is 5.76. The van der Waals surface area contributed by atoms with Crippen molar-refractivity contribution in [3.63, 3.8) is 0 Å². The molecule has 0 bridgehead atoms. The van der Waals surface area contributed by atoms with Crippen molar-refractivity contribution >= 4 is 5.91 Å². The molecule has 0 spiro atoms. The van der Waals surface area contributed by atoms with Crippen LogP contribution in [0.4, 0.5) is 4.39 Å². The van der Waals surface area contributed by atoms with Gasteiger partial charge in [-0.05, 0) is 52.0 Å². The molecule has 1 unspecified atom stereocenters. The van der Waals surface area contributed by atoms with E-state index in [2.05, 4.69) is 16.9 Å². The van der Waals surface area contributed by atoms with E-state index < -0.39 is 6.10 Å². The van der Waals surface area contributed by atoms with Gasteiger partial charge in [0.05, 0.1) is 5.69 Å². The number of aromatic nitrogens is 2. The van der Waals surface area contributed by atoms with E-state index in [0.717, 1.165) is 49.4 Å². The number of hydrogen-bond acceptors (Lipinski definition) is 5. The minimum atomic E-state index is -0.683. The molecule has 6 nitrogen and oxygen atoms in total. The van der Waals surface area contributed by atoms with E-state index in [-0.39, 0.29) is 11.7 Å². The number of hydrogen-bond donors (Lipinski definition) is 0. The van der Waals surface area contributed by atoms with Gasteiger partial charge in [0.15, 0.2) is 6.10 Å². The molecule has 0 saturated carbocycles. The van der Waals surface area contributed by atoms with Crippen molar-refractivity contribution in [3.8, 4) is 5.75 Å². The molecule has 7 heteroatoms. The van der Waals surface area contributed by atoms with E-state index in [0.29, 0.717) is 24.8 Å². The fourth-order valence-corrected chi connectivity index (χ4v) is 4.04. The molecule has 4 rings (SSSR count). The molecule has 1 amide bonds. The monoisotopic (exact) mass is 398 g/mol. The van der Waals surface area contributed by atoms with E-state index >= 15 is 0 Å². The molecule has 2 aliphatic rings. The van der Waals surface area contributed by atoms with Crippen LogP contribution in [0.15, 0.2) is 30.5 Å². The second-order valence-corrected chi connectivity index (χ2v) is 8.00. The lowest BCUT2D eigenvalue weighted by molar-refractivity contribution is -0.138. The molecule has 2 aromatic rings. The second kappa shape index (κ2) is 8.45. The van der Waals surface area contributed by atoms with Gasteiger partial charge >= 0.3 is 0 Å². The Labute approximate surface area is 170 Å². The van der Waals surface area contributed by atoms with Gasteiger partial charge < -0.3 is 14.5 Å². The van der Waals surface area contributed by atoms with Gasteiger partial charge in [0.1, 0.15) is 17.4 Å². The number of nitrogens with zero attached hydrogens (tertiary/aromatic N) is 4. The number of amides is 1. The van der Waals surface area contributed by atoms with E-state index in [1.165, 1.54) is 12.1 Å². The molecule has 1 saturated heterocycles. The highest BCUT2D eigenvalue weighted by molar-refractivity contribution is 5.81. The van der Waals surface area contributed by atoms with E-state index in [1.807, 2.05) is 6.20 Å². The number of rotatable bonds is 4. The van der Waals surface area contributed by atoms with Crippen LogP contribution in [0.3, 0.4) is 0 Å². The Balaban J connectivity index is 1.39. The van der Waals surface area contributed by atoms with Crippen LogP contribution in [-0.2, 0) is 17.8 Å². The third-order valence-corrected chi connectivity index (χ3v) is 5.80. The molecule has 1 atom stereocenters. The molecule has 0 radical (unpaired) electrons. The molecule has 1 fully saturated rings. The topological polar surface area (TPSA) is 58.6 Å². The van der Waals surface area contributed by atoms with E-state index in [4.69, 9.17) is 9.72 Å². The molecular formula is C22H27FN4O2. The van der Waals surface area contributed by atoms with Crippen molar-refractivity contribution in [2.45, 2.75) is 44.8 Å². The van der Waals surface area contributed by atoms with Gasteiger partial charge in [-0.3, -0.25) is 4.79 Å². The van der Waals surface area contributed by atoms with Crippen LogP contribution in [0.2, 0.25) is 0 Å².